The van der Waals surface area contributed by atoms with E-state index in [2.05, 4.69) is 48.7 Å². The Kier molecular flexibility index (Phi) is 3.96. The minimum Gasteiger partial charge on any atom is -0.493 e. The molecule has 1 aromatic carbocycles. The average Bonchev–Trinajstić information content (AvgIpc) is 2.92. The zero-order chi connectivity index (χ0) is 14.8. The average molecular weight is 349 g/mol. The fourth-order valence-electron chi connectivity index (χ4n) is 2.45. The molecule has 0 fully saturated rings. The Labute approximate surface area is 132 Å². The van der Waals surface area contributed by atoms with Crippen LogP contribution in [0.4, 0.5) is 11.6 Å². The summed E-state index contributed by atoms with van der Waals surface area (Å²) >= 11 is 3.56. The molecule has 110 valence electrons. The Morgan fingerprint density at radius 2 is 2.05 bits per heavy atom. The molecule has 1 aliphatic heterocycles. The molecule has 2 N–H and O–H groups in total. The molecule has 5 nitrogen and oxygen atoms in total. The van der Waals surface area contributed by atoms with Crippen molar-refractivity contribution in [1.82, 2.24) is 9.97 Å². The van der Waals surface area contributed by atoms with Crippen molar-refractivity contribution in [2.75, 3.05) is 24.3 Å². The van der Waals surface area contributed by atoms with E-state index in [1.54, 1.807) is 0 Å². The van der Waals surface area contributed by atoms with Gasteiger partial charge in [0.25, 0.3) is 0 Å². The van der Waals surface area contributed by atoms with Crippen LogP contribution in [0.15, 0.2) is 22.7 Å². The highest BCUT2D eigenvalue weighted by molar-refractivity contribution is 9.10. The van der Waals surface area contributed by atoms with E-state index >= 15 is 0 Å². The molecule has 0 radical (unpaired) electrons. The summed E-state index contributed by atoms with van der Waals surface area (Å²) in [4.78, 5) is 8.68. The van der Waals surface area contributed by atoms with Gasteiger partial charge >= 0.3 is 0 Å². The zero-order valence-corrected chi connectivity index (χ0v) is 13.6. The zero-order valence-electron chi connectivity index (χ0n) is 12.0. The van der Waals surface area contributed by atoms with Crippen LogP contribution in [0, 0.1) is 6.92 Å². The van der Waals surface area contributed by atoms with Gasteiger partial charge in [-0.1, -0.05) is 15.9 Å². The monoisotopic (exact) mass is 348 g/mol. The molecule has 1 aromatic heterocycles. The molecule has 1 aliphatic rings. The Morgan fingerprint density at radius 3 is 2.86 bits per heavy atom. The minimum atomic E-state index is 0.668. The van der Waals surface area contributed by atoms with Crippen molar-refractivity contribution in [1.29, 1.82) is 0 Å². The second kappa shape index (κ2) is 5.89. The number of hydrogen-bond acceptors (Lipinski definition) is 5. The molecule has 6 heteroatoms. The molecule has 2 heterocycles. The third kappa shape index (κ3) is 3.10. The summed E-state index contributed by atoms with van der Waals surface area (Å²) in [6.07, 6.45) is 0.971. The van der Waals surface area contributed by atoms with Crippen LogP contribution in [-0.4, -0.2) is 23.6 Å². The molecule has 0 bridgehead atoms. The van der Waals surface area contributed by atoms with Crippen LogP contribution in [-0.2, 0) is 13.0 Å². The van der Waals surface area contributed by atoms with Gasteiger partial charge in [-0.2, -0.15) is 0 Å². The SMILES string of the molecule is CNc1cc(NCc2cc(Br)cc3c2OCC3)nc(C)n1. The molecule has 0 spiro atoms. The molecule has 21 heavy (non-hydrogen) atoms. The van der Waals surface area contributed by atoms with Crippen molar-refractivity contribution in [3.8, 4) is 5.75 Å². The van der Waals surface area contributed by atoms with Crippen molar-refractivity contribution in [2.24, 2.45) is 0 Å². The predicted molar refractivity (Wildman–Crippen MR) is 87.0 cm³/mol. The van der Waals surface area contributed by atoms with Gasteiger partial charge in [0.15, 0.2) is 0 Å². The highest BCUT2D eigenvalue weighted by atomic mass is 79.9. The van der Waals surface area contributed by atoms with E-state index in [9.17, 15) is 0 Å². The molecule has 2 aromatic rings. The summed E-state index contributed by atoms with van der Waals surface area (Å²) < 4.78 is 6.82. The highest BCUT2D eigenvalue weighted by Gasteiger charge is 2.17. The number of rotatable bonds is 4. The van der Waals surface area contributed by atoms with Crippen LogP contribution in [0.5, 0.6) is 5.75 Å². The first-order valence-corrected chi connectivity index (χ1v) is 7.66. The molecular weight excluding hydrogens is 332 g/mol. The normalized spacial score (nSPS) is 12.7. The Bertz CT molecular complexity index is 675. The van der Waals surface area contributed by atoms with E-state index in [0.717, 1.165) is 46.3 Å². The number of nitrogens with zero attached hydrogens (tertiary/aromatic N) is 2. The van der Waals surface area contributed by atoms with Gasteiger partial charge < -0.3 is 15.4 Å². The van der Waals surface area contributed by atoms with Gasteiger partial charge in [-0.15, -0.1) is 0 Å². The summed E-state index contributed by atoms with van der Waals surface area (Å²) in [5.74, 6) is 3.35. The maximum atomic E-state index is 5.74. The molecule has 0 atom stereocenters. The van der Waals surface area contributed by atoms with Gasteiger partial charge in [0.05, 0.1) is 6.61 Å². The van der Waals surface area contributed by atoms with E-state index in [1.807, 2.05) is 20.0 Å². The lowest BCUT2D eigenvalue weighted by molar-refractivity contribution is 0.354. The second-order valence-corrected chi connectivity index (χ2v) is 5.86. The van der Waals surface area contributed by atoms with Crippen LogP contribution in [0.2, 0.25) is 0 Å². The van der Waals surface area contributed by atoms with Gasteiger partial charge in [0.1, 0.15) is 23.2 Å². The fraction of sp³-hybridized carbons (Fsp3) is 0.333. The molecule has 0 saturated carbocycles. The number of aryl methyl sites for hydroxylation is 1. The van der Waals surface area contributed by atoms with Crippen LogP contribution in [0.25, 0.3) is 0 Å². The number of hydrogen-bond donors (Lipinski definition) is 2. The molecule has 0 saturated heterocycles. The molecule has 0 aliphatic carbocycles. The van der Waals surface area contributed by atoms with Gasteiger partial charge in [0.2, 0.25) is 0 Å². The quantitative estimate of drug-likeness (QED) is 0.888. The van der Waals surface area contributed by atoms with Gasteiger partial charge in [-0.3, -0.25) is 0 Å². The Hall–Kier alpha value is -1.82. The van der Waals surface area contributed by atoms with Gasteiger partial charge in [0, 0.05) is 36.1 Å². The second-order valence-electron chi connectivity index (χ2n) is 4.94. The minimum absolute atomic E-state index is 0.668. The summed E-state index contributed by atoms with van der Waals surface area (Å²) in [5, 5.41) is 6.38. The first-order chi connectivity index (χ1) is 10.2. The van der Waals surface area contributed by atoms with E-state index in [0.29, 0.717) is 6.54 Å². The van der Waals surface area contributed by atoms with Crippen molar-refractivity contribution in [3.05, 3.63) is 39.6 Å². The third-order valence-electron chi connectivity index (χ3n) is 3.38. The standard InChI is InChI=1S/C15H17BrN4O/c1-9-19-13(17-2)7-14(20-9)18-8-11-6-12(16)5-10-3-4-21-15(10)11/h5-7H,3-4,8H2,1-2H3,(H2,17,18,19,20). The Morgan fingerprint density at radius 1 is 1.24 bits per heavy atom. The lowest BCUT2D eigenvalue weighted by Crippen LogP contribution is -2.06. The number of aromatic nitrogens is 2. The van der Waals surface area contributed by atoms with Crippen molar-refractivity contribution in [3.63, 3.8) is 0 Å². The van der Waals surface area contributed by atoms with E-state index in [4.69, 9.17) is 4.74 Å². The third-order valence-corrected chi connectivity index (χ3v) is 3.84. The van der Waals surface area contributed by atoms with Crippen LogP contribution >= 0.6 is 15.9 Å². The fourth-order valence-corrected chi connectivity index (χ4v) is 3.00. The van der Waals surface area contributed by atoms with E-state index < -0.39 is 0 Å². The lowest BCUT2D eigenvalue weighted by Gasteiger charge is -2.12. The summed E-state index contributed by atoms with van der Waals surface area (Å²) in [6.45, 7) is 3.31. The summed E-state index contributed by atoms with van der Waals surface area (Å²) in [7, 11) is 1.85. The maximum absolute atomic E-state index is 5.74. The molecule has 0 amide bonds. The van der Waals surface area contributed by atoms with E-state index in [-0.39, 0.29) is 0 Å². The molecular formula is C15H17BrN4O. The van der Waals surface area contributed by atoms with Crippen molar-refractivity contribution < 1.29 is 4.74 Å². The largest absolute Gasteiger partial charge is 0.493 e. The summed E-state index contributed by atoms with van der Waals surface area (Å²) in [6, 6.07) is 6.11. The van der Waals surface area contributed by atoms with Crippen molar-refractivity contribution >= 4 is 27.6 Å². The number of nitrogens with one attached hydrogen (secondary N) is 2. The molecule has 3 rings (SSSR count). The first kappa shape index (κ1) is 14.1. The topological polar surface area (TPSA) is 59.1 Å². The first-order valence-electron chi connectivity index (χ1n) is 6.87. The van der Waals surface area contributed by atoms with Crippen LogP contribution < -0.4 is 15.4 Å². The van der Waals surface area contributed by atoms with Gasteiger partial charge in [-0.25, -0.2) is 9.97 Å². The molecule has 0 unspecified atom stereocenters. The van der Waals surface area contributed by atoms with Gasteiger partial charge in [-0.05, 0) is 24.6 Å². The summed E-state index contributed by atoms with van der Waals surface area (Å²) in [5.41, 5.74) is 2.40. The number of anilines is 2. The Balaban J connectivity index is 1.81. The number of benzene rings is 1. The predicted octanol–water partition coefficient (Wildman–Crippen LogP) is 3.14. The smallest absolute Gasteiger partial charge is 0.132 e. The van der Waals surface area contributed by atoms with Crippen LogP contribution in [0.3, 0.4) is 0 Å². The number of fused-ring (bicyclic) bond motifs is 1. The maximum Gasteiger partial charge on any atom is 0.132 e. The van der Waals surface area contributed by atoms with E-state index in [1.165, 1.54) is 5.56 Å². The van der Waals surface area contributed by atoms with Crippen LogP contribution in [0.1, 0.15) is 17.0 Å². The number of halogens is 1. The number of ether oxygens (including phenoxy) is 1. The highest BCUT2D eigenvalue weighted by Crippen LogP contribution is 2.33. The lowest BCUT2D eigenvalue weighted by atomic mass is 10.1. The van der Waals surface area contributed by atoms with Crippen molar-refractivity contribution in [2.45, 2.75) is 19.9 Å².